The molecular formula is C23H30F6N6O3S2. The molecule has 0 spiro atoms. The highest BCUT2D eigenvalue weighted by Crippen LogP contribution is 2.34. The van der Waals surface area contributed by atoms with E-state index in [2.05, 4.69) is 14.7 Å². The number of thiophene rings is 1. The molecule has 0 aromatic carbocycles. The van der Waals surface area contributed by atoms with E-state index in [1.165, 1.54) is 12.4 Å². The number of carbonyl (C=O) groups excluding carboxylic acids is 1. The minimum atomic E-state index is -4.50. The first-order valence-corrected chi connectivity index (χ1v) is 15.2. The van der Waals surface area contributed by atoms with Crippen molar-refractivity contribution in [1.29, 1.82) is 0 Å². The summed E-state index contributed by atoms with van der Waals surface area (Å²) in [6.07, 6.45) is -5.97. The van der Waals surface area contributed by atoms with Crippen LogP contribution in [0.5, 0.6) is 0 Å². The number of nitrogens with one attached hydrogen (secondary N) is 2. The van der Waals surface area contributed by atoms with Crippen LogP contribution in [0.25, 0.3) is 10.2 Å². The lowest BCUT2D eigenvalue weighted by Crippen LogP contribution is -2.49. The van der Waals surface area contributed by atoms with Gasteiger partial charge in [0.05, 0.1) is 18.4 Å². The lowest BCUT2D eigenvalue weighted by molar-refractivity contribution is -0.133. The van der Waals surface area contributed by atoms with Crippen molar-refractivity contribution >= 4 is 43.3 Å². The van der Waals surface area contributed by atoms with Gasteiger partial charge in [0.25, 0.3) is 0 Å². The summed E-state index contributed by atoms with van der Waals surface area (Å²) in [6.45, 7) is 0.420. The highest BCUT2D eigenvalue weighted by molar-refractivity contribution is 7.89. The van der Waals surface area contributed by atoms with Crippen LogP contribution in [0.15, 0.2) is 12.4 Å². The van der Waals surface area contributed by atoms with Crippen molar-refractivity contribution in [3.63, 3.8) is 0 Å². The molecule has 3 heterocycles. The van der Waals surface area contributed by atoms with Crippen LogP contribution in [0.1, 0.15) is 37.0 Å². The number of anilines is 1. The van der Waals surface area contributed by atoms with Crippen LogP contribution in [0.4, 0.5) is 32.2 Å². The minimum Gasteiger partial charge on any atom is -0.352 e. The Kier molecular flexibility index (Phi) is 9.46. The number of hydrogen-bond donors (Lipinski definition) is 2. The molecule has 1 saturated heterocycles. The third kappa shape index (κ3) is 8.88. The Morgan fingerprint density at radius 1 is 1.00 bits per heavy atom. The van der Waals surface area contributed by atoms with Crippen LogP contribution in [-0.4, -0.2) is 86.2 Å². The molecule has 4 rings (SSSR count). The van der Waals surface area contributed by atoms with Gasteiger partial charge in [-0.3, -0.25) is 10.1 Å². The second-order valence-corrected chi connectivity index (χ2v) is 13.0. The summed E-state index contributed by atoms with van der Waals surface area (Å²) in [7, 11) is -3.91. The van der Waals surface area contributed by atoms with E-state index in [4.69, 9.17) is 0 Å². The topological polar surface area (TPSA) is 108 Å². The number of sulfonamides is 1. The highest BCUT2D eigenvalue weighted by Gasteiger charge is 2.32. The number of amides is 1. The zero-order chi connectivity index (χ0) is 29.1. The van der Waals surface area contributed by atoms with Gasteiger partial charge in [0.1, 0.15) is 22.9 Å². The van der Waals surface area contributed by atoms with E-state index in [1.807, 2.05) is 10.2 Å². The van der Waals surface area contributed by atoms with Crippen molar-refractivity contribution in [2.24, 2.45) is 5.92 Å². The lowest BCUT2D eigenvalue weighted by Gasteiger charge is -2.37. The van der Waals surface area contributed by atoms with Crippen LogP contribution in [0.3, 0.4) is 0 Å². The summed E-state index contributed by atoms with van der Waals surface area (Å²) in [5, 5.41) is 2.45. The van der Waals surface area contributed by atoms with Crippen molar-refractivity contribution < 1.29 is 39.6 Å². The zero-order valence-electron chi connectivity index (χ0n) is 21.4. The highest BCUT2D eigenvalue weighted by atomic mass is 32.2. The smallest absolute Gasteiger partial charge is 0.352 e. The van der Waals surface area contributed by atoms with Crippen molar-refractivity contribution in [1.82, 2.24) is 24.9 Å². The SMILES string of the molecule is O=C(CC1CCC(NS(=O)(=O)CNCC(F)(F)F)CC1)N1CCN(c2ncnc3sc(CC(F)(F)F)cc23)CC1. The average molecular weight is 617 g/mol. The standard InChI is InChI=1S/C23H30F6N6O3S2/c24-22(25,26)11-17-10-18-20(31-13-32-21(18)39-17)35-7-5-34(6-8-35)19(36)9-15-1-3-16(4-2-15)33-40(37,38)14-30-12-23(27,28)29/h10,13,15-16,30,33H,1-9,11-12,14H2. The van der Waals surface area contributed by atoms with Crippen molar-refractivity contribution in [2.45, 2.75) is 56.9 Å². The predicted octanol–water partition coefficient (Wildman–Crippen LogP) is 3.42. The Balaban J connectivity index is 1.22. The van der Waals surface area contributed by atoms with Crippen molar-refractivity contribution in [3.05, 3.63) is 17.3 Å². The van der Waals surface area contributed by atoms with E-state index in [1.54, 1.807) is 4.90 Å². The molecule has 0 bridgehead atoms. The lowest BCUT2D eigenvalue weighted by atomic mass is 9.84. The molecule has 2 fully saturated rings. The second kappa shape index (κ2) is 12.3. The monoisotopic (exact) mass is 616 g/mol. The van der Waals surface area contributed by atoms with E-state index < -0.39 is 41.2 Å². The number of halogens is 6. The fraction of sp³-hybridized carbons (Fsp3) is 0.696. The van der Waals surface area contributed by atoms with E-state index in [9.17, 15) is 39.6 Å². The summed E-state index contributed by atoms with van der Waals surface area (Å²) >= 11 is 0.990. The summed E-state index contributed by atoms with van der Waals surface area (Å²) in [4.78, 5) is 25.7. The van der Waals surface area contributed by atoms with E-state index in [0.717, 1.165) is 11.3 Å². The van der Waals surface area contributed by atoms with E-state index in [0.29, 0.717) is 74.3 Å². The molecule has 1 amide bonds. The van der Waals surface area contributed by atoms with E-state index >= 15 is 0 Å². The second-order valence-electron chi connectivity index (χ2n) is 10.1. The third-order valence-electron chi connectivity index (χ3n) is 6.94. The zero-order valence-corrected chi connectivity index (χ0v) is 23.0. The normalized spacial score (nSPS) is 21.2. The predicted molar refractivity (Wildman–Crippen MR) is 137 cm³/mol. The van der Waals surface area contributed by atoms with Crippen molar-refractivity contribution in [2.75, 3.05) is 43.5 Å². The molecule has 2 aliphatic rings. The summed E-state index contributed by atoms with van der Waals surface area (Å²) in [5.41, 5.74) is 0. The Morgan fingerprint density at radius 3 is 2.30 bits per heavy atom. The molecule has 0 radical (unpaired) electrons. The van der Waals surface area contributed by atoms with Gasteiger partial charge in [-0.15, -0.1) is 11.3 Å². The molecule has 2 aromatic rings. The number of fused-ring (bicyclic) bond motifs is 1. The molecule has 1 aliphatic heterocycles. The molecule has 17 heteroatoms. The first-order valence-electron chi connectivity index (χ1n) is 12.8. The number of hydrogen-bond acceptors (Lipinski definition) is 8. The summed E-state index contributed by atoms with van der Waals surface area (Å²) in [6, 6.07) is 1.10. The minimum absolute atomic E-state index is 0.0177. The third-order valence-corrected chi connectivity index (χ3v) is 9.26. The van der Waals surface area contributed by atoms with Gasteiger partial charge in [-0.1, -0.05) is 0 Å². The number of alkyl halides is 6. The largest absolute Gasteiger partial charge is 0.401 e. The maximum Gasteiger partial charge on any atom is 0.401 e. The molecule has 1 saturated carbocycles. The van der Waals surface area contributed by atoms with Gasteiger partial charge in [-0.25, -0.2) is 23.1 Å². The molecule has 2 aromatic heterocycles. The number of rotatable bonds is 9. The molecule has 0 unspecified atom stereocenters. The van der Waals surface area contributed by atoms with Crippen LogP contribution < -0.4 is 14.9 Å². The maximum atomic E-state index is 12.9. The Morgan fingerprint density at radius 2 is 1.68 bits per heavy atom. The molecule has 224 valence electrons. The van der Waals surface area contributed by atoms with Gasteiger partial charge >= 0.3 is 12.4 Å². The average Bonchev–Trinajstić information content (AvgIpc) is 3.25. The molecule has 1 aliphatic carbocycles. The molecule has 40 heavy (non-hydrogen) atoms. The number of piperazine rings is 1. The van der Waals surface area contributed by atoms with Gasteiger partial charge in [-0.05, 0) is 37.7 Å². The maximum absolute atomic E-state index is 12.9. The van der Waals surface area contributed by atoms with Gasteiger partial charge in [0, 0.05) is 43.5 Å². The van der Waals surface area contributed by atoms with Gasteiger partial charge < -0.3 is 9.80 Å². The van der Waals surface area contributed by atoms with Gasteiger partial charge in [0.2, 0.25) is 15.9 Å². The van der Waals surface area contributed by atoms with Gasteiger partial charge in [0.15, 0.2) is 0 Å². The Hall–Kier alpha value is -2.24. The van der Waals surface area contributed by atoms with Crippen LogP contribution in [0.2, 0.25) is 0 Å². The fourth-order valence-electron chi connectivity index (χ4n) is 5.08. The van der Waals surface area contributed by atoms with Crippen LogP contribution >= 0.6 is 11.3 Å². The molecule has 9 nitrogen and oxygen atoms in total. The molecule has 2 N–H and O–H groups in total. The fourth-order valence-corrected chi connectivity index (χ4v) is 7.30. The number of aromatic nitrogens is 2. The number of carbonyl (C=O) groups is 1. The van der Waals surface area contributed by atoms with Crippen molar-refractivity contribution in [3.8, 4) is 0 Å². The first-order chi connectivity index (χ1) is 18.7. The Bertz CT molecular complexity index is 1270. The molecule has 0 atom stereocenters. The quantitative estimate of drug-likeness (QED) is 0.416. The number of nitrogens with zero attached hydrogens (tertiary/aromatic N) is 4. The van der Waals surface area contributed by atoms with Crippen LogP contribution in [0, 0.1) is 5.92 Å². The van der Waals surface area contributed by atoms with E-state index in [-0.39, 0.29) is 22.7 Å². The summed E-state index contributed by atoms with van der Waals surface area (Å²) in [5.74, 6) is -0.209. The molecular weight excluding hydrogens is 586 g/mol. The van der Waals surface area contributed by atoms with Crippen LogP contribution in [-0.2, 0) is 21.2 Å². The summed E-state index contributed by atoms with van der Waals surface area (Å²) < 4.78 is 102. The Labute approximate surface area is 231 Å². The van der Waals surface area contributed by atoms with Gasteiger partial charge in [-0.2, -0.15) is 26.3 Å². The first kappa shape index (κ1) is 30.7.